The van der Waals surface area contributed by atoms with Gasteiger partial charge in [-0.2, -0.15) is 5.26 Å². The van der Waals surface area contributed by atoms with E-state index in [1.54, 1.807) is 72.8 Å². The van der Waals surface area contributed by atoms with Crippen LogP contribution in [0.3, 0.4) is 0 Å². The second-order valence-electron chi connectivity index (χ2n) is 7.30. The van der Waals surface area contributed by atoms with Crippen molar-refractivity contribution < 1.29 is 24.2 Å². The average Bonchev–Trinajstić information content (AvgIpc) is 3.13. The molecule has 4 rings (SSSR count). The lowest BCUT2D eigenvalue weighted by Gasteiger charge is -2.26. The second-order valence-corrected chi connectivity index (χ2v) is 7.30. The molecule has 7 heteroatoms. The monoisotopic (exact) mass is 440 g/mol. The molecule has 1 N–H and O–H groups in total. The number of anilines is 1. The average molecular weight is 440 g/mol. The quantitative estimate of drug-likeness (QED) is 0.363. The molecule has 1 aliphatic heterocycles. The highest BCUT2D eigenvalue weighted by Gasteiger charge is 2.47. The van der Waals surface area contributed by atoms with Crippen molar-refractivity contribution in [3.8, 4) is 17.6 Å². The van der Waals surface area contributed by atoms with Crippen LogP contribution in [-0.2, 0) is 9.59 Å². The standard InChI is InChI=1S/C26H20N2O5/c1-32-19-7-5-6-17(14-19)24(29)22-23(20-8-3-4-9-21(20)33-2)28(26(31)25(22)30)18-12-10-16(15-27)11-13-18/h3-14,23,29H,1-2H3/b24-22-. The number of para-hydroxylation sites is 1. The van der Waals surface area contributed by atoms with Gasteiger partial charge in [0.2, 0.25) is 0 Å². The Morgan fingerprint density at radius 3 is 2.36 bits per heavy atom. The molecule has 3 aromatic carbocycles. The lowest BCUT2D eigenvalue weighted by Crippen LogP contribution is -2.29. The zero-order valence-electron chi connectivity index (χ0n) is 18.0. The molecule has 0 aliphatic carbocycles. The molecule has 1 amide bonds. The van der Waals surface area contributed by atoms with Crippen molar-refractivity contribution in [3.63, 3.8) is 0 Å². The first-order valence-electron chi connectivity index (χ1n) is 10.1. The Balaban J connectivity index is 1.97. The second kappa shape index (κ2) is 8.89. The molecular weight excluding hydrogens is 420 g/mol. The number of nitriles is 1. The Morgan fingerprint density at radius 1 is 0.970 bits per heavy atom. The van der Waals surface area contributed by atoms with E-state index in [2.05, 4.69) is 0 Å². The number of ether oxygens (including phenoxy) is 2. The lowest BCUT2D eigenvalue weighted by atomic mass is 9.94. The van der Waals surface area contributed by atoms with Crippen LogP contribution < -0.4 is 14.4 Å². The van der Waals surface area contributed by atoms with Crippen LogP contribution in [0.2, 0.25) is 0 Å². The fourth-order valence-electron chi connectivity index (χ4n) is 3.91. The number of carbonyl (C=O) groups is 2. The molecule has 0 aromatic heterocycles. The van der Waals surface area contributed by atoms with Gasteiger partial charge in [-0.25, -0.2) is 0 Å². The van der Waals surface area contributed by atoms with Gasteiger partial charge in [-0.3, -0.25) is 14.5 Å². The maximum atomic E-state index is 13.2. The molecule has 0 saturated carbocycles. The predicted octanol–water partition coefficient (Wildman–Crippen LogP) is 4.20. The highest BCUT2D eigenvalue weighted by atomic mass is 16.5. The first-order valence-corrected chi connectivity index (χ1v) is 10.1. The molecule has 0 radical (unpaired) electrons. The van der Waals surface area contributed by atoms with Crippen LogP contribution in [0, 0.1) is 11.3 Å². The van der Waals surface area contributed by atoms with Crippen molar-refractivity contribution in [2.45, 2.75) is 6.04 Å². The van der Waals surface area contributed by atoms with Crippen LogP contribution >= 0.6 is 0 Å². The number of Topliss-reactive ketones (excluding diaryl/α,β-unsaturated/α-hetero) is 1. The molecule has 1 unspecified atom stereocenters. The van der Waals surface area contributed by atoms with Crippen molar-refractivity contribution in [1.82, 2.24) is 0 Å². The van der Waals surface area contributed by atoms with E-state index < -0.39 is 17.7 Å². The van der Waals surface area contributed by atoms with E-state index in [1.165, 1.54) is 19.1 Å². The van der Waals surface area contributed by atoms with Gasteiger partial charge >= 0.3 is 0 Å². The number of methoxy groups -OCH3 is 2. The van der Waals surface area contributed by atoms with Gasteiger partial charge in [0, 0.05) is 16.8 Å². The summed E-state index contributed by atoms with van der Waals surface area (Å²) in [6, 6.07) is 21.0. The zero-order chi connectivity index (χ0) is 23.5. The Kier molecular flexibility index (Phi) is 5.83. The highest BCUT2D eigenvalue weighted by Crippen LogP contribution is 2.45. The smallest absolute Gasteiger partial charge is 0.300 e. The molecule has 3 aromatic rings. The van der Waals surface area contributed by atoms with Crippen molar-refractivity contribution in [1.29, 1.82) is 5.26 Å². The van der Waals surface area contributed by atoms with Crippen LogP contribution in [0.15, 0.2) is 78.4 Å². The summed E-state index contributed by atoms with van der Waals surface area (Å²) in [6.45, 7) is 0. The number of amides is 1. The van der Waals surface area contributed by atoms with Gasteiger partial charge in [-0.15, -0.1) is 0 Å². The van der Waals surface area contributed by atoms with Gasteiger partial charge in [0.1, 0.15) is 17.3 Å². The third-order valence-corrected chi connectivity index (χ3v) is 5.50. The molecule has 0 spiro atoms. The number of benzene rings is 3. The fourth-order valence-corrected chi connectivity index (χ4v) is 3.91. The van der Waals surface area contributed by atoms with Crippen LogP contribution in [0.1, 0.15) is 22.7 Å². The molecule has 1 heterocycles. The van der Waals surface area contributed by atoms with Crippen molar-refractivity contribution in [3.05, 3.63) is 95.1 Å². The van der Waals surface area contributed by atoms with Crippen molar-refractivity contribution in [2.75, 3.05) is 19.1 Å². The minimum absolute atomic E-state index is 0.0675. The predicted molar refractivity (Wildman–Crippen MR) is 122 cm³/mol. The number of nitrogens with zero attached hydrogens (tertiary/aromatic N) is 2. The molecule has 1 atom stereocenters. The largest absolute Gasteiger partial charge is 0.507 e. The van der Waals surface area contributed by atoms with Crippen LogP contribution in [0.4, 0.5) is 5.69 Å². The summed E-state index contributed by atoms with van der Waals surface area (Å²) in [5.74, 6) is -0.983. The van der Waals surface area contributed by atoms with E-state index in [4.69, 9.17) is 14.7 Å². The molecule has 164 valence electrons. The summed E-state index contributed by atoms with van der Waals surface area (Å²) in [6.07, 6.45) is 0. The summed E-state index contributed by atoms with van der Waals surface area (Å²) in [5, 5.41) is 20.3. The first-order chi connectivity index (χ1) is 16.0. The van der Waals surface area contributed by atoms with Gasteiger partial charge in [0.25, 0.3) is 11.7 Å². The van der Waals surface area contributed by atoms with Gasteiger partial charge in [0.15, 0.2) is 0 Å². The zero-order valence-corrected chi connectivity index (χ0v) is 18.0. The minimum Gasteiger partial charge on any atom is -0.507 e. The molecule has 1 saturated heterocycles. The van der Waals surface area contributed by atoms with E-state index in [9.17, 15) is 14.7 Å². The SMILES string of the molecule is COc1cccc(/C(O)=C2/C(=O)C(=O)N(c3ccc(C#N)cc3)C2c2ccccc2OC)c1. The molecule has 1 fully saturated rings. The third kappa shape index (κ3) is 3.79. The molecular formula is C26H20N2O5. The molecule has 0 bridgehead atoms. The van der Waals surface area contributed by atoms with Crippen molar-refractivity contribution in [2.24, 2.45) is 0 Å². The number of aliphatic hydroxyl groups is 1. The molecule has 33 heavy (non-hydrogen) atoms. The van der Waals surface area contributed by atoms with Gasteiger partial charge < -0.3 is 14.6 Å². The van der Waals surface area contributed by atoms with E-state index >= 15 is 0 Å². The Hall–Kier alpha value is -4.57. The van der Waals surface area contributed by atoms with E-state index in [1.807, 2.05) is 6.07 Å². The maximum Gasteiger partial charge on any atom is 0.300 e. The third-order valence-electron chi connectivity index (χ3n) is 5.50. The summed E-state index contributed by atoms with van der Waals surface area (Å²) < 4.78 is 10.7. The number of rotatable bonds is 5. The Bertz CT molecular complexity index is 1300. The van der Waals surface area contributed by atoms with Gasteiger partial charge in [-0.1, -0.05) is 30.3 Å². The number of hydrogen-bond acceptors (Lipinski definition) is 6. The number of aliphatic hydroxyl groups excluding tert-OH is 1. The number of hydrogen-bond donors (Lipinski definition) is 1. The maximum absolute atomic E-state index is 13.2. The van der Waals surface area contributed by atoms with Crippen molar-refractivity contribution >= 4 is 23.1 Å². The van der Waals surface area contributed by atoms with Gasteiger partial charge in [0.05, 0.1) is 37.5 Å². The summed E-state index contributed by atoms with van der Waals surface area (Å²) >= 11 is 0. The normalized spacial score (nSPS) is 17.0. The number of ketones is 1. The fraction of sp³-hybridized carbons (Fsp3) is 0.115. The van der Waals surface area contributed by atoms with Crippen LogP contribution in [0.5, 0.6) is 11.5 Å². The molecule has 1 aliphatic rings. The first kappa shape index (κ1) is 21.7. The van der Waals surface area contributed by atoms with E-state index in [0.29, 0.717) is 33.9 Å². The Morgan fingerprint density at radius 2 is 1.70 bits per heavy atom. The van der Waals surface area contributed by atoms with Gasteiger partial charge in [-0.05, 0) is 42.5 Å². The summed E-state index contributed by atoms with van der Waals surface area (Å²) in [7, 11) is 2.99. The number of carbonyl (C=O) groups excluding carboxylic acids is 2. The minimum atomic E-state index is -0.944. The lowest BCUT2D eigenvalue weighted by molar-refractivity contribution is -0.132. The summed E-state index contributed by atoms with van der Waals surface area (Å²) in [5.41, 5.74) is 1.64. The van der Waals surface area contributed by atoms with E-state index in [0.717, 1.165) is 0 Å². The van der Waals surface area contributed by atoms with Crippen LogP contribution in [-0.4, -0.2) is 31.0 Å². The Labute approximate surface area is 190 Å². The molecule has 7 nitrogen and oxygen atoms in total. The van der Waals surface area contributed by atoms with Crippen LogP contribution in [0.25, 0.3) is 5.76 Å². The topological polar surface area (TPSA) is 99.9 Å². The highest BCUT2D eigenvalue weighted by molar-refractivity contribution is 6.51. The summed E-state index contributed by atoms with van der Waals surface area (Å²) in [4.78, 5) is 27.8. The van der Waals surface area contributed by atoms with E-state index in [-0.39, 0.29) is 11.3 Å².